The molecule has 1 atom stereocenters. The molecule has 0 aliphatic carbocycles. The van der Waals surface area contributed by atoms with Gasteiger partial charge in [-0.1, -0.05) is 30.3 Å². The molecular formula is C20H22BrFN2O5S. The first kappa shape index (κ1) is 22.7. The number of hydroxylamine groups is 2. The number of rotatable bonds is 8. The lowest BCUT2D eigenvalue weighted by Gasteiger charge is -2.33. The lowest BCUT2D eigenvalue weighted by atomic mass is 10.1. The smallest absolute Gasteiger partial charge is 0.233 e. The molecule has 1 aliphatic heterocycles. The van der Waals surface area contributed by atoms with Crippen LogP contribution in [0.25, 0.3) is 0 Å². The zero-order chi connectivity index (χ0) is 21.7. The van der Waals surface area contributed by atoms with Gasteiger partial charge in [0.05, 0.1) is 16.3 Å². The van der Waals surface area contributed by atoms with Crippen molar-refractivity contribution in [1.82, 2.24) is 9.37 Å². The predicted octanol–water partition coefficient (Wildman–Crippen LogP) is 3.35. The molecule has 0 saturated carbocycles. The van der Waals surface area contributed by atoms with E-state index in [0.29, 0.717) is 33.7 Å². The lowest BCUT2D eigenvalue weighted by Crippen LogP contribution is -2.44. The number of benzene rings is 2. The van der Waals surface area contributed by atoms with E-state index < -0.39 is 21.8 Å². The van der Waals surface area contributed by atoms with Gasteiger partial charge in [0.1, 0.15) is 17.7 Å². The third-order valence-corrected chi connectivity index (χ3v) is 7.47. The Labute approximate surface area is 183 Å². The highest BCUT2D eigenvalue weighted by atomic mass is 79.9. The maximum absolute atomic E-state index is 13.2. The second kappa shape index (κ2) is 9.86. The topological polar surface area (TPSA) is 87.2 Å². The van der Waals surface area contributed by atoms with Crippen LogP contribution in [0.1, 0.15) is 24.4 Å². The van der Waals surface area contributed by atoms with Gasteiger partial charge in [-0.25, -0.2) is 22.2 Å². The highest BCUT2D eigenvalue weighted by Crippen LogP contribution is 2.29. The van der Waals surface area contributed by atoms with E-state index >= 15 is 0 Å². The second-order valence-corrected chi connectivity index (χ2v) is 9.85. The van der Waals surface area contributed by atoms with E-state index in [2.05, 4.69) is 15.9 Å². The van der Waals surface area contributed by atoms with Gasteiger partial charge < -0.3 is 4.74 Å². The second-order valence-electron chi connectivity index (χ2n) is 6.98. The molecule has 0 aromatic heterocycles. The number of hydrogen-bond donors (Lipinski definition) is 1. The Morgan fingerprint density at radius 1 is 1.23 bits per heavy atom. The predicted molar refractivity (Wildman–Crippen MR) is 112 cm³/mol. The number of amides is 1. The van der Waals surface area contributed by atoms with Gasteiger partial charge in [-0.05, 0) is 52.5 Å². The maximum atomic E-state index is 13.2. The maximum Gasteiger partial charge on any atom is 0.233 e. The van der Waals surface area contributed by atoms with Crippen molar-refractivity contribution in [3.8, 4) is 5.75 Å². The normalized spacial score (nSPS) is 16.8. The Morgan fingerprint density at radius 3 is 2.50 bits per heavy atom. The summed E-state index contributed by atoms with van der Waals surface area (Å²) in [7, 11) is -3.74. The van der Waals surface area contributed by atoms with Crippen LogP contribution >= 0.6 is 15.9 Å². The van der Waals surface area contributed by atoms with Crippen LogP contribution in [0.4, 0.5) is 4.39 Å². The third-order valence-electron chi connectivity index (χ3n) is 4.96. The molecule has 7 nitrogen and oxygen atoms in total. The van der Waals surface area contributed by atoms with Gasteiger partial charge >= 0.3 is 0 Å². The Hall–Kier alpha value is -2.01. The number of carbonyl (C=O) groups excluding carboxylic acids is 1. The minimum absolute atomic E-state index is 0.201. The van der Waals surface area contributed by atoms with Crippen LogP contribution in [0.2, 0.25) is 0 Å². The Morgan fingerprint density at radius 2 is 1.90 bits per heavy atom. The number of carbonyl (C=O) groups is 1. The summed E-state index contributed by atoms with van der Waals surface area (Å²) in [5.41, 5.74) is 0.523. The number of sulfonamides is 1. The van der Waals surface area contributed by atoms with Crippen LogP contribution in [0.15, 0.2) is 53.0 Å². The monoisotopic (exact) mass is 500 g/mol. The molecule has 162 valence electrons. The number of piperidine rings is 1. The van der Waals surface area contributed by atoms with E-state index in [1.165, 1.54) is 22.5 Å². The third kappa shape index (κ3) is 5.57. The van der Waals surface area contributed by atoms with Gasteiger partial charge in [0.15, 0.2) is 0 Å². The van der Waals surface area contributed by atoms with Crippen molar-refractivity contribution < 1.29 is 27.5 Å². The van der Waals surface area contributed by atoms with E-state index in [-0.39, 0.29) is 31.4 Å². The van der Waals surface area contributed by atoms with Crippen LogP contribution in [0, 0.1) is 5.82 Å². The molecule has 1 N–H and O–H groups in total. The van der Waals surface area contributed by atoms with Gasteiger partial charge in [-0.15, -0.1) is 0 Å². The van der Waals surface area contributed by atoms with Crippen LogP contribution in [0.5, 0.6) is 5.75 Å². The summed E-state index contributed by atoms with van der Waals surface area (Å²) in [4.78, 5) is 11.1. The molecule has 1 fully saturated rings. The van der Waals surface area contributed by atoms with Crippen molar-refractivity contribution in [2.24, 2.45) is 0 Å². The van der Waals surface area contributed by atoms with Gasteiger partial charge in [-0.3, -0.25) is 10.0 Å². The van der Waals surface area contributed by atoms with Crippen molar-refractivity contribution in [3.05, 3.63) is 64.4 Å². The van der Waals surface area contributed by atoms with E-state index in [1.54, 1.807) is 30.3 Å². The molecule has 1 amide bonds. The number of nitrogens with zero attached hydrogens (tertiary/aromatic N) is 2. The first-order valence-electron chi connectivity index (χ1n) is 9.37. The Balaban J connectivity index is 1.64. The highest BCUT2D eigenvalue weighted by molar-refractivity contribution is 9.10. The average molecular weight is 501 g/mol. The van der Waals surface area contributed by atoms with Crippen LogP contribution in [0.3, 0.4) is 0 Å². The lowest BCUT2D eigenvalue weighted by molar-refractivity contribution is -0.159. The molecule has 2 aromatic carbocycles. The molecule has 1 heterocycles. The zero-order valence-electron chi connectivity index (χ0n) is 16.0. The molecule has 3 rings (SSSR count). The quantitative estimate of drug-likeness (QED) is 0.341. The van der Waals surface area contributed by atoms with Crippen LogP contribution in [-0.2, 0) is 14.8 Å². The molecule has 10 heteroatoms. The summed E-state index contributed by atoms with van der Waals surface area (Å²) in [6.45, 7) is 0.500. The Kier molecular flexibility index (Phi) is 7.45. The van der Waals surface area contributed by atoms with E-state index in [9.17, 15) is 22.8 Å². The van der Waals surface area contributed by atoms with E-state index in [4.69, 9.17) is 4.74 Å². The number of hydrogen-bond acceptors (Lipinski definition) is 5. The van der Waals surface area contributed by atoms with Crippen molar-refractivity contribution in [2.45, 2.75) is 25.0 Å². The zero-order valence-corrected chi connectivity index (χ0v) is 18.4. The summed E-state index contributed by atoms with van der Waals surface area (Å²) in [5, 5.41) is 10.3. The summed E-state index contributed by atoms with van der Waals surface area (Å²) in [6.07, 6.45) is 0.936. The first-order valence-corrected chi connectivity index (χ1v) is 11.8. The molecule has 1 aliphatic rings. The van der Waals surface area contributed by atoms with Gasteiger partial charge in [0.25, 0.3) is 0 Å². The molecule has 2 aromatic rings. The molecule has 30 heavy (non-hydrogen) atoms. The molecule has 0 bridgehead atoms. The molecule has 0 spiro atoms. The molecule has 0 radical (unpaired) electrons. The van der Waals surface area contributed by atoms with E-state index in [0.717, 1.165) is 0 Å². The summed E-state index contributed by atoms with van der Waals surface area (Å²) >= 11 is 3.26. The number of ether oxygens (including phenoxy) is 1. The average Bonchev–Trinajstić information content (AvgIpc) is 2.74. The first-order chi connectivity index (χ1) is 14.3. The fourth-order valence-electron chi connectivity index (χ4n) is 3.36. The highest BCUT2D eigenvalue weighted by Gasteiger charge is 2.33. The molecular weight excluding hydrogens is 479 g/mol. The minimum Gasteiger partial charge on any atom is -0.489 e. The van der Waals surface area contributed by atoms with Crippen molar-refractivity contribution in [2.75, 3.05) is 18.8 Å². The summed E-state index contributed by atoms with van der Waals surface area (Å²) < 4.78 is 46.8. The number of halogens is 2. The van der Waals surface area contributed by atoms with Crippen molar-refractivity contribution in [3.63, 3.8) is 0 Å². The van der Waals surface area contributed by atoms with Gasteiger partial charge in [-0.2, -0.15) is 0 Å². The van der Waals surface area contributed by atoms with Crippen LogP contribution < -0.4 is 4.74 Å². The van der Waals surface area contributed by atoms with Gasteiger partial charge in [0, 0.05) is 13.1 Å². The summed E-state index contributed by atoms with van der Waals surface area (Å²) in [6, 6.07) is 11.7. The minimum atomic E-state index is -3.74. The van der Waals surface area contributed by atoms with Crippen molar-refractivity contribution in [1.29, 1.82) is 0 Å². The molecule has 1 saturated heterocycles. The van der Waals surface area contributed by atoms with Gasteiger partial charge in [0.2, 0.25) is 16.4 Å². The Bertz CT molecular complexity index is 968. The fraction of sp³-hybridized carbons (Fsp3) is 0.350. The van der Waals surface area contributed by atoms with Crippen LogP contribution in [-0.4, -0.2) is 54.3 Å². The summed E-state index contributed by atoms with van der Waals surface area (Å²) in [5.74, 6) is -0.304. The standard InChI is InChI=1S/C20H22BrFN2O5S/c21-18-12-16(22)6-7-20(18)29-17-8-10-23(11-9-17)30(27,28)13-19(24(26)14-25)15-4-2-1-3-5-15/h1-7,12,14,17,19,26H,8-11,13H2. The van der Waals surface area contributed by atoms with E-state index in [1.807, 2.05) is 0 Å². The SMILES string of the molecule is O=CN(O)C(CS(=O)(=O)N1CCC(Oc2ccc(F)cc2Br)CC1)c1ccccc1. The molecule has 1 unspecified atom stereocenters. The van der Waals surface area contributed by atoms with Crippen molar-refractivity contribution >= 4 is 32.4 Å². The largest absolute Gasteiger partial charge is 0.489 e. The fourth-order valence-corrected chi connectivity index (χ4v) is 5.52.